The van der Waals surface area contributed by atoms with Crippen LogP contribution >= 0.6 is 0 Å². The van der Waals surface area contributed by atoms with Gasteiger partial charge in [-0.1, -0.05) is 12.1 Å². The molecular formula is C15H23N3O. The van der Waals surface area contributed by atoms with E-state index in [1.165, 1.54) is 18.5 Å². The van der Waals surface area contributed by atoms with Crippen LogP contribution in [0.2, 0.25) is 0 Å². The average Bonchev–Trinajstić information content (AvgIpc) is 2.92. The molecule has 1 aliphatic heterocycles. The van der Waals surface area contributed by atoms with E-state index < -0.39 is 6.04 Å². The molecule has 1 saturated heterocycles. The average molecular weight is 261 g/mol. The van der Waals surface area contributed by atoms with Crippen molar-refractivity contribution in [2.75, 3.05) is 18.0 Å². The molecule has 0 aromatic heterocycles. The fourth-order valence-electron chi connectivity index (χ4n) is 2.39. The Balaban J connectivity index is 2.07. The summed E-state index contributed by atoms with van der Waals surface area (Å²) in [7, 11) is 0. The zero-order valence-corrected chi connectivity index (χ0v) is 11.7. The van der Waals surface area contributed by atoms with Crippen LogP contribution in [0.5, 0.6) is 0 Å². The second kappa shape index (κ2) is 6.06. The third kappa shape index (κ3) is 3.47. The van der Waals surface area contributed by atoms with E-state index in [9.17, 15) is 4.79 Å². The number of amides is 1. The van der Waals surface area contributed by atoms with Crippen molar-refractivity contribution in [2.24, 2.45) is 5.73 Å². The van der Waals surface area contributed by atoms with E-state index >= 15 is 0 Å². The van der Waals surface area contributed by atoms with Crippen LogP contribution < -0.4 is 16.0 Å². The van der Waals surface area contributed by atoms with Gasteiger partial charge in [-0.15, -0.1) is 0 Å². The zero-order chi connectivity index (χ0) is 13.8. The SMILES string of the molecule is CC(NC(=O)[C@@H](C)N)c1cccc(N2CCCC2)c1. The van der Waals surface area contributed by atoms with Crippen LogP contribution in [0.25, 0.3) is 0 Å². The highest BCUT2D eigenvalue weighted by Gasteiger charge is 2.15. The summed E-state index contributed by atoms with van der Waals surface area (Å²) >= 11 is 0. The summed E-state index contributed by atoms with van der Waals surface area (Å²) in [4.78, 5) is 14.0. The van der Waals surface area contributed by atoms with Gasteiger partial charge in [0.15, 0.2) is 0 Å². The van der Waals surface area contributed by atoms with Crippen LogP contribution in [0.4, 0.5) is 5.69 Å². The van der Waals surface area contributed by atoms with Crippen molar-refractivity contribution in [2.45, 2.75) is 38.8 Å². The number of anilines is 1. The van der Waals surface area contributed by atoms with Gasteiger partial charge in [0, 0.05) is 18.8 Å². The van der Waals surface area contributed by atoms with Crippen LogP contribution in [0.1, 0.15) is 38.3 Å². The number of carbonyl (C=O) groups is 1. The molecule has 0 bridgehead atoms. The molecule has 2 atom stereocenters. The van der Waals surface area contributed by atoms with Gasteiger partial charge in [-0.3, -0.25) is 4.79 Å². The third-order valence-electron chi connectivity index (χ3n) is 3.61. The number of hydrogen-bond acceptors (Lipinski definition) is 3. The van der Waals surface area contributed by atoms with Crippen LogP contribution in [0.15, 0.2) is 24.3 Å². The number of nitrogens with zero attached hydrogens (tertiary/aromatic N) is 1. The van der Waals surface area contributed by atoms with E-state index in [2.05, 4.69) is 28.4 Å². The van der Waals surface area contributed by atoms with Crippen LogP contribution in [0.3, 0.4) is 0 Å². The van der Waals surface area contributed by atoms with Gasteiger partial charge in [-0.25, -0.2) is 0 Å². The van der Waals surface area contributed by atoms with E-state index in [0.29, 0.717) is 0 Å². The van der Waals surface area contributed by atoms with Crippen molar-refractivity contribution in [3.63, 3.8) is 0 Å². The molecule has 104 valence electrons. The zero-order valence-electron chi connectivity index (χ0n) is 11.7. The maximum atomic E-state index is 11.6. The molecule has 0 radical (unpaired) electrons. The van der Waals surface area contributed by atoms with E-state index in [0.717, 1.165) is 18.7 Å². The minimum atomic E-state index is -0.468. The molecule has 1 unspecified atom stereocenters. The van der Waals surface area contributed by atoms with Crippen molar-refractivity contribution < 1.29 is 4.79 Å². The molecule has 2 rings (SSSR count). The molecule has 0 spiro atoms. The maximum Gasteiger partial charge on any atom is 0.237 e. The molecule has 3 N–H and O–H groups in total. The summed E-state index contributed by atoms with van der Waals surface area (Å²) in [5, 5.41) is 2.93. The lowest BCUT2D eigenvalue weighted by Crippen LogP contribution is -2.39. The smallest absolute Gasteiger partial charge is 0.237 e. The number of hydrogen-bond donors (Lipinski definition) is 2. The number of nitrogens with two attached hydrogens (primary N) is 1. The Hall–Kier alpha value is -1.55. The lowest BCUT2D eigenvalue weighted by Gasteiger charge is -2.21. The first-order valence-corrected chi connectivity index (χ1v) is 6.99. The summed E-state index contributed by atoms with van der Waals surface area (Å²) < 4.78 is 0. The molecule has 1 aromatic rings. The highest BCUT2D eigenvalue weighted by atomic mass is 16.2. The van der Waals surface area contributed by atoms with Crippen molar-refractivity contribution >= 4 is 11.6 Å². The fraction of sp³-hybridized carbons (Fsp3) is 0.533. The number of carbonyl (C=O) groups excluding carboxylic acids is 1. The van der Waals surface area contributed by atoms with Gasteiger partial charge in [-0.05, 0) is 44.4 Å². The van der Waals surface area contributed by atoms with Crippen molar-refractivity contribution in [3.8, 4) is 0 Å². The molecule has 0 aliphatic carbocycles. The largest absolute Gasteiger partial charge is 0.372 e. The highest BCUT2D eigenvalue weighted by molar-refractivity contribution is 5.81. The molecule has 1 amide bonds. The van der Waals surface area contributed by atoms with Crippen molar-refractivity contribution in [3.05, 3.63) is 29.8 Å². The van der Waals surface area contributed by atoms with Crippen LogP contribution in [-0.4, -0.2) is 25.0 Å². The first-order valence-electron chi connectivity index (χ1n) is 6.99. The molecule has 1 aliphatic rings. The topological polar surface area (TPSA) is 58.4 Å². The second-order valence-corrected chi connectivity index (χ2v) is 5.31. The summed E-state index contributed by atoms with van der Waals surface area (Å²) in [5.41, 5.74) is 7.94. The predicted octanol–water partition coefficient (Wildman–Crippen LogP) is 1.81. The summed E-state index contributed by atoms with van der Waals surface area (Å²) in [6.45, 7) is 5.94. The fourth-order valence-corrected chi connectivity index (χ4v) is 2.39. The Kier molecular flexibility index (Phi) is 4.43. The predicted molar refractivity (Wildman–Crippen MR) is 78.1 cm³/mol. The Bertz CT molecular complexity index is 439. The molecular weight excluding hydrogens is 238 g/mol. The molecule has 1 fully saturated rings. The van der Waals surface area contributed by atoms with Gasteiger partial charge in [-0.2, -0.15) is 0 Å². The summed E-state index contributed by atoms with van der Waals surface area (Å²) in [5.74, 6) is -0.112. The second-order valence-electron chi connectivity index (χ2n) is 5.31. The van der Waals surface area contributed by atoms with Gasteiger partial charge in [0.1, 0.15) is 0 Å². The Morgan fingerprint density at radius 3 is 2.63 bits per heavy atom. The first-order chi connectivity index (χ1) is 9.08. The molecule has 4 nitrogen and oxygen atoms in total. The van der Waals surface area contributed by atoms with Gasteiger partial charge in [0.2, 0.25) is 5.91 Å². The van der Waals surface area contributed by atoms with Gasteiger partial charge < -0.3 is 16.0 Å². The Morgan fingerprint density at radius 2 is 2.00 bits per heavy atom. The van der Waals surface area contributed by atoms with E-state index in [1.54, 1.807) is 6.92 Å². The van der Waals surface area contributed by atoms with Crippen LogP contribution in [-0.2, 0) is 4.79 Å². The summed E-state index contributed by atoms with van der Waals surface area (Å²) in [6, 6.07) is 7.92. The van der Waals surface area contributed by atoms with E-state index in [-0.39, 0.29) is 11.9 Å². The molecule has 4 heteroatoms. The quantitative estimate of drug-likeness (QED) is 0.869. The normalized spacial score (nSPS) is 18.2. The van der Waals surface area contributed by atoms with Crippen molar-refractivity contribution in [1.82, 2.24) is 5.32 Å². The van der Waals surface area contributed by atoms with Crippen LogP contribution in [0, 0.1) is 0 Å². The molecule has 19 heavy (non-hydrogen) atoms. The monoisotopic (exact) mass is 261 g/mol. The lowest BCUT2D eigenvalue weighted by atomic mass is 10.1. The molecule has 0 saturated carbocycles. The lowest BCUT2D eigenvalue weighted by molar-refractivity contribution is -0.122. The van der Waals surface area contributed by atoms with Gasteiger partial charge in [0.05, 0.1) is 12.1 Å². The van der Waals surface area contributed by atoms with Gasteiger partial charge >= 0.3 is 0 Å². The minimum Gasteiger partial charge on any atom is -0.372 e. The number of benzene rings is 1. The summed E-state index contributed by atoms with van der Waals surface area (Å²) in [6.07, 6.45) is 2.53. The van der Waals surface area contributed by atoms with Gasteiger partial charge in [0.25, 0.3) is 0 Å². The highest BCUT2D eigenvalue weighted by Crippen LogP contribution is 2.23. The minimum absolute atomic E-state index is 0.0129. The molecule has 1 heterocycles. The van der Waals surface area contributed by atoms with Crippen molar-refractivity contribution in [1.29, 1.82) is 0 Å². The number of nitrogens with one attached hydrogen (secondary N) is 1. The van der Waals surface area contributed by atoms with E-state index in [1.807, 2.05) is 13.0 Å². The Labute approximate surface area is 115 Å². The molecule has 1 aromatic carbocycles. The van der Waals surface area contributed by atoms with E-state index in [4.69, 9.17) is 5.73 Å². The first kappa shape index (κ1) is 13.9. The number of rotatable bonds is 4. The Morgan fingerprint density at radius 1 is 1.32 bits per heavy atom. The third-order valence-corrected chi connectivity index (χ3v) is 3.61. The standard InChI is InChI=1S/C15H23N3O/c1-11(16)15(19)17-12(2)13-6-5-7-14(10-13)18-8-3-4-9-18/h5-7,10-12H,3-4,8-9,16H2,1-2H3,(H,17,19)/t11-,12?/m1/s1. The maximum absolute atomic E-state index is 11.6.